The Hall–Kier alpha value is -1.43. The van der Waals surface area contributed by atoms with E-state index in [1.54, 1.807) is 19.2 Å². The molecule has 2 aromatic rings. The minimum atomic E-state index is -1.01. The van der Waals surface area contributed by atoms with Gasteiger partial charge in [-0.2, -0.15) is 5.10 Å². The molecule has 7 heteroatoms. The molecule has 0 bridgehead atoms. The Balaban J connectivity index is 2.53. The summed E-state index contributed by atoms with van der Waals surface area (Å²) < 4.78 is 11.9. The van der Waals surface area contributed by atoms with Crippen LogP contribution in [-0.4, -0.2) is 29.1 Å². The lowest BCUT2D eigenvalue weighted by molar-refractivity contribution is 0.209. The molecule has 20 heavy (non-hydrogen) atoms. The zero-order valence-corrected chi connectivity index (χ0v) is 12.7. The van der Waals surface area contributed by atoms with Crippen LogP contribution in [0.4, 0.5) is 0 Å². The van der Waals surface area contributed by atoms with Crippen LogP contribution in [0.15, 0.2) is 18.3 Å². The second kappa shape index (κ2) is 5.91. The van der Waals surface area contributed by atoms with Gasteiger partial charge < -0.3 is 14.6 Å². The lowest BCUT2D eigenvalue weighted by atomic mass is 10.1. The molecule has 0 aliphatic heterocycles. The van der Waals surface area contributed by atoms with E-state index in [9.17, 15) is 5.11 Å². The summed E-state index contributed by atoms with van der Waals surface area (Å²) in [7, 11) is 4.69. The third kappa shape index (κ3) is 2.44. The van der Waals surface area contributed by atoms with Crippen LogP contribution in [0.3, 0.4) is 0 Å². The average molecular weight is 317 g/mol. The van der Waals surface area contributed by atoms with Gasteiger partial charge in [-0.3, -0.25) is 4.68 Å². The summed E-state index contributed by atoms with van der Waals surface area (Å²) in [4.78, 5) is 0. The first-order chi connectivity index (χ1) is 9.51. The fourth-order valence-electron chi connectivity index (χ4n) is 1.99. The van der Waals surface area contributed by atoms with Crippen LogP contribution in [0, 0.1) is 0 Å². The zero-order chi connectivity index (χ0) is 14.9. The second-order valence-electron chi connectivity index (χ2n) is 4.11. The van der Waals surface area contributed by atoms with E-state index in [-0.39, 0.29) is 5.02 Å². The quantitative estimate of drug-likeness (QED) is 0.942. The van der Waals surface area contributed by atoms with E-state index in [2.05, 4.69) is 5.10 Å². The molecule has 2 rings (SSSR count). The summed E-state index contributed by atoms with van der Waals surface area (Å²) in [5.74, 6) is 0.855. The highest BCUT2D eigenvalue weighted by Crippen LogP contribution is 2.41. The van der Waals surface area contributed by atoms with Crippen molar-refractivity contribution in [2.75, 3.05) is 14.2 Å². The molecule has 1 aromatic heterocycles. The van der Waals surface area contributed by atoms with E-state index >= 15 is 0 Å². The lowest BCUT2D eigenvalue weighted by Crippen LogP contribution is -2.08. The Kier molecular flexibility index (Phi) is 4.42. The molecule has 1 atom stereocenters. The van der Waals surface area contributed by atoms with E-state index in [0.717, 1.165) is 0 Å². The van der Waals surface area contributed by atoms with Crippen molar-refractivity contribution in [1.29, 1.82) is 0 Å². The number of halogens is 2. The lowest BCUT2D eigenvalue weighted by Gasteiger charge is -2.17. The Morgan fingerprint density at radius 1 is 1.25 bits per heavy atom. The summed E-state index contributed by atoms with van der Waals surface area (Å²) in [6.45, 7) is 0. The van der Waals surface area contributed by atoms with Crippen molar-refractivity contribution in [3.05, 3.63) is 39.6 Å². The molecule has 0 amide bonds. The van der Waals surface area contributed by atoms with Gasteiger partial charge in [0.2, 0.25) is 0 Å². The van der Waals surface area contributed by atoms with Crippen LogP contribution in [-0.2, 0) is 7.05 Å². The van der Waals surface area contributed by atoms with E-state index in [0.29, 0.717) is 27.8 Å². The minimum Gasteiger partial charge on any atom is -0.493 e. The number of ether oxygens (including phenoxy) is 2. The molecule has 108 valence electrons. The molecule has 0 aliphatic rings. The van der Waals surface area contributed by atoms with Crippen LogP contribution in [0.5, 0.6) is 11.5 Å². The Labute approximate surface area is 126 Å². The number of aromatic nitrogens is 2. The van der Waals surface area contributed by atoms with E-state index in [1.807, 2.05) is 0 Å². The van der Waals surface area contributed by atoms with Gasteiger partial charge in [0.25, 0.3) is 0 Å². The van der Waals surface area contributed by atoms with Gasteiger partial charge in [-0.25, -0.2) is 0 Å². The minimum absolute atomic E-state index is 0.275. The van der Waals surface area contributed by atoms with Gasteiger partial charge in [0.15, 0.2) is 11.5 Å². The standard InChI is InChI=1S/C13H14Cl2N2O3/c1-17-11(8(14)6-16-17)12(18)7-4-5-9(19-2)13(20-3)10(7)15/h4-6,12,18H,1-3H3. The van der Waals surface area contributed by atoms with Gasteiger partial charge in [-0.15, -0.1) is 0 Å². The van der Waals surface area contributed by atoms with E-state index in [1.165, 1.54) is 25.1 Å². The SMILES string of the molecule is COc1ccc(C(O)c2c(Cl)cnn2C)c(Cl)c1OC. The van der Waals surface area contributed by atoms with Gasteiger partial charge in [0.05, 0.1) is 36.2 Å². The number of rotatable bonds is 4. The fraction of sp³-hybridized carbons (Fsp3) is 0.308. The number of aliphatic hydroxyl groups is 1. The highest BCUT2D eigenvalue weighted by atomic mass is 35.5. The maximum Gasteiger partial charge on any atom is 0.179 e. The van der Waals surface area contributed by atoms with Gasteiger partial charge >= 0.3 is 0 Å². The first kappa shape index (κ1) is 15.0. The van der Waals surface area contributed by atoms with Crippen LogP contribution in [0.1, 0.15) is 17.4 Å². The van der Waals surface area contributed by atoms with Crippen molar-refractivity contribution in [1.82, 2.24) is 9.78 Å². The first-order valence-corrected chi connectivity index (χ1v) is 6.52. The van der Waals surface area contributed by atoms with E-state index in [4.69, 9.17) is 32.7 Å². The Morgan fingerprint density at radius 2 is 1.95 bits per heavy atom. The number of aryl methyl sites for hydroxylation is 1. The van der Waals surface area contributed by atoms with Crippen molar-refractivity contribution in [3.63, 3.8) is 0 Å². The molecule has 0 fully saturated rings. The van der Waals surface area contributed by atoms with Crippen LogP contribution < -0.4 is 9.47 Å². The van der Waals surface area contributed by atoms with Gasteiger partial charge in [0.1, 0.15) is 6.10 Å². The van der Waals surface area contributed by atoms with Gasteiger partial charge in [-0.1, -0.05) is 29.3 Å². The molecule has 0 saturated heterocycles. The summed E-state index contributed by atoms with van der Waals surface area (Å²) in [6, 6.07) is 3.34. The predicted molar refractivity (Wildman–Crippen MR) is 76.8 cm³/mol. The summed E-state index contributed by atoms with van der Waals surface area (Å²) >= 11 is 12.3. The monoisotopic (exact) mass is 316 g/mol. The predicted octanol–water partition coefficient (Wildman–Crippen LogP) is 2.83. The zero-order valence-electron chi connectivity index (χ0n) is 11.2. The van der Waals surface area contributed by atoms with Crippen molar-refractivity contribution in [3.8, 4) is 11.5 Å². The molecule has 1 heterocycles. The van der Waals surface area contributed by atoms with E-state index < -0.39 is 6.10 Å². The Morgan fingerprint density at radius 3 is 2.45 bits per heavy atom. The molecule has 1 N–H and O–H groups in total. The molecule has 0 spiro atoms. The highest BCUT2D eigenvalue weighted by molar-refractivity contribution is 6.33. The van der Waals surface area contributed by atoms with Gasteiger partial charge in [0, 0.05) is 12.6 Å². The summed E-state index contributed by atoms with van der Waals surface area (Å²) in [6.07, 6.45) is 0.455. The highest BCUT2D eigenvalue weighted by Gasteiger charge is 2.24. The molecule has 0 saturated carbocycles. The van der Waals surface area contributed by atoms with Crippen molar-refractivity contribution in [2.45, 2.75) is 6.10 Å². The molecule has 0 aliphatic carbocycles. The van der Waals surface area contributed by atoms with Crippen LogP contribution in [0.2, 0.25) is 10.0 Å². The topological polar surface area (TPSA) is 56.5 Å². The molecule has 1 aromatic carbocycles. The van der Waals surface area contributed by atoms with Crippen molar-refractivity contribution < 1.29 is 14.6 Å². The van der Waals surface area contributed by atoms with Crippen molar-refractivity contribution in [2.24, 2.45) is 7.05 Å². The number of hydrogen-bond donors (Lipinski definition) is 1. The second-order valence-corrected chi connectivity index (χ2v) is 4.89. The van der Waals surface area contributed by atoms with Crippen molar-refractivity contribution >= 4 is 23.2 Å². The molecular weight excluding hydrogens is 303 g/mol. The molecule has 0 radical (unpaired) electrons. The van der Waals surface area contributed by atoms with Gasteiger partial charge in [-0.05, 0) is 6.07 Å². The average Bonchev–Trinajstić information content (AvgIpc) is 2.77. The summed E-state index contributed by atoms with van der Waals surface area (Å²) in [5, 5.41) is 15.1. The fourth-order valence-corrected chi connectivity index (χ4v) is 2.60. The first-order valence-electron chi connectivity index (χ1n) is 5.77. The number of nitrogens with zero attached hydrogens (tertiary/aromatic N) is 2. The molecular formula is C13H14Cl2N2O3. The summed E-state index contributed by atoms with van der Waals surface area (Å²) in [5.41, 5.74) is 0.926. The number of aliphatic hydroxyl groups excluding tert-OH is 1. The van der Waals surface area contributed by atoms with Crippen LogP contribution >= 0.6 is 23.2 Å². The normalized spacial score (nSPS) is 12.3. The number of hydrogen-bond acceptors (Lipinski definition) is 4. The maximum atomic E-state index is 10.5. The third-order valence-corrected chi connectivity index (χ3v) is 3.69. The number of methoxy groups -OCH3 is 2. The van der Waals surface area contributed by atoms with Crippen LogP contribution in [0.25, 0.3) is 0 Å². The maximum absolute atomic E-state index is 10.5. The molecule has 5 nitrogen and oxygen atoms in total. The third-order valence-electron chi connectivity index (χ3n) is 3.01. The Bertz CT molecular complexity index is 609. The largest absolute Gasteiger partial charge is 0.493 e. The molecule has 1 unspecified atom stereocenters. The smallest absolute Gasteiger partial charge is 0.179 e. The number of benzene rings is 1.